The minimum atomic E-state index is -0.483. The van der Waals surface area contributed by atoms with Gasteiger partial charge in [0.2, 0.25) is 0 Å². The Morgan fingerprint density at radius 3 is 1.28 bits per heavy atom. The van der Waals surface area contributed by atoms with E-state index in [-0.39, 0.29) is 5.41 Å². The summed E-state index contributed by atoms with van der Waals surface area (Å²) in [4.78, 5) is 2.42. The number of nitrogens with zero attached hydrogens (tertiary/aromatic N) is 1. The third kappa shape index (κ3) is 6.15. The highest BCUT2D eigenvalue weighted by Gasteiger charge is 2.46. The number of hydrogen-bond acceptors (Lipinski definition) is 1. The first-order valence-corrected chi connectivity index (χ1v) is 22.8. The lowest BCUT2D eigenvalue weighted by atomic mass is 9.67. The van der Waals surface area contributed by atoms with Crippen LogP contribution in [0, 0.1) is 0 Å². The monoisotopic (exact) mass is 829 g/mol. The minimum absolute atomic E-state index is 0.118. The zero-order valence-corrected chi connectivity index (χ0v) is 36.6. The van der Waals surface area contributed by atoms with Crippen LogP contribution in [0.4, 0.5) is 17.1 Å². The van der Waals surface area contributed by atoms with E-state index >= 15 is 0 Å². The SMILES string of the molecule is CC1(C)c2ccccc2-c2ccc(N(c3ccc(-c4ccccc4)cc3)c3ccc(-c4cc5c(cc4-c4ccccc4)C(c4ccccc4)(c4ccccc4)c4ccccc4-5)cc3)cc21. The van der Waals surface area contributed by atoms with E-state index in [0.29, 0.717) is 0 Å². The molecule has 65 heavy (non-hydrogen) atoms. The van der Waals surface area contributed by atoms with Crippen LogP contribution >= 0.6 is 0 Å². The van der Waals surface area contributed by atoms with Crippen molar-refractivity contribution < 1.29 is 0 Å². The van der Waals surface area contributed by atoms with Crippen LogP contribution in [0.25, 0.3) is 55.6 Å². The van der Waals surface area contributed by atoms with Crippen molar-refractivity contribution in [2.45, 2.75) is 24.7 Å². The fraction of sp³-hybridized carbons (Fsp3) is 0.0625. The van der Waals surface area contributed by atoms with Gasteiger partial charge in [-0.15, -0.1) is 0 Å². The van der Waals surface area contributed by atoms with Gasteiger partial charge in [-0.3, -0.25) is 0 Å². The first kappa shape index (κ1) is 38.7. The van der Waals surface area contributed by atoms with Crippen LogP contribution in [0.5, 0.6) is 0 Å². The summed E-state index contributed by atoms with van der Waals surface area (Å²) < 4.78 is 0. The molecule has 2 aliphatic carbocycles. The number of anilines is 3. The van der Waals surface area contributed by atoms with E-state index in [1.807, 2.05) is 0 Å². The molecule has 1 nitrogen and oxygen atoms in total. The van der Waals surface area contributed by atoms with Gasteiger partial charge < -0.3 is 4.90 Å². The molecule has 0 unspecified atom stereocenters. The molecule has 0 bridgehead atoms. The predicted octanol–water partition coefficient (Wildman–Crippen LogP) is 16.8. The highest BCUT2D eigenvalue weighted by atomic mass is 15.1. The van der Waals surface area contributed by atoms with Crippen LogP contribution in [0.15, 0.2) is 249 Å². The molecule has 10 aromatic rings. The van der Waals surface area contributed by atoms with Crippen molar-refractivity contribution in [3.05, 3.63) is 282 Å². The summed E-state index contributed by atoms with van der Waals surface area (Å²) in [6.07, 6.45) is 0. The topological polar surface area (TPSA) is 3.24 Å². The summed E-state index contributed by atoms with van der Waals surface area (Å²) in [5, 5.41) is 0. The fourth-order valence-corrected chi connectivity index (χ4v) is 11.1. The minimum Gasteiger partial charge on any atom is -0.310 e. The summed E-state index contributed by atoms with van der Waals surface area (Å²) in [6, 6.07) is 92.0. The Bertz CT molecular complexity index is 3310. The lowest BCUT2D eigenvalue weighted by Gasteiger charge is -2.34. The maximum atomic E-state index is 2.50. The Hall–Kier alpha value is -8.00. The molecule has 0 aliphatic heterocycles. The Balaban J connectivity index is 1.03. The maximum Gasteiger partial charge on any atom is 0.0713 e. The van der Waals surface area contributed by atoms with Gasteiger partial charge in [-0.25, -0.2) is 0 Å². The van der Waals surface area contributed by atoms with Crippen molar-refractivity contribution >= 4 is 17.1 Å². The highest BCUT2D eigenvalue weighted by molar-refractivity contribution is 5.95. The van der Waals surface area contributed by atoms with Crippen molar-refractivity contribution in [1.82, 2.24) is 0 Å². The van der Waals surface area contributed by atoms with E-state index in [4.69, 9.17) is 0 Å². The third-order valence-corrected chi connectivity index (χ3v) is 14.2. The number of hydrogen-bond donors (Lipinski definition) is 0. The maximum absolute atomic E-state index is 2.50. The molecule has 2 aliphatic rings. The van der Waals surface area contributed by atoms with Crippen molar-refractivity contribution in [1.29, 1.82) is 0 Å². The van der Waals surface area contributed by atoms with Crippen molar-refractivity contribution in [2.24, 2.45) is 0 Å². The normalized spacial score (nSPS) is 13.6. The van der Waals surface area contributed by atoms with E-state index < -0.39 is 5.41 Å². The Morgan fingerprint density at radius 2 is 0.677 bits per heavy atom. The van der Waals surface area contributed by atoms with Gasteiger partial charge in [-0.1, -0.05) is 214 Å². The lowest BCUT2D eigenvalue weighted by molar-refractivity contribution is 0.660. The summed E-state index contributed by atoms with van der Waals surface area (Å²) in [6.45, 7) is 4.72. The second-order valence-electron chi connectivity index (χ2n) is 18.0. The van der Waals surface area contributed by atoms with Crippen LogP contribution in [-0.4, -0.2) is 0 Å². The molecule has 12 rings (SSSR count). The van der Waals surface area contributed by atoms with E-state index in [1.165, 1.54) is 89.0 Å². The van der Waals surface area contributed by atoms with E-state index in [1.54, 1.807) is 0 Å². The second kappa shape index (κ2) is 15.4. The summed E-state index contributed by atoms with van der Waals surface area (Å²) in [5.74, 6) is 0. The molecule has 0 atom stereocenters. The summed E-state index contributed by atoms with van der Waals surface area (Å²) >= 11 is 0. The smallest absolute Gasteiger partial charge is 0.0713 e. The highest BCUT2D eigenvalue weighted by Crippen LogP contribution is 2.58. The van der Waals surface area contributed by atoms with E-state index in [0.717, 1.165) is 17.1 Å². The van der Waals surface area contributed by atoms with Gasteiger partial charge in [0.05, 0.1) is 5.41 Å². The molecule has 0 amide bonds. The molecule has 0 heterocycles. The molecule has 0 saturated carbocycles. The molecule has 0 radical (unpaired) electrons. The van der Waals surface area contributed by atoms with Gasteiger partial charge >= 0.3 is 0 Å². The molecule has 0 saturated heterocycles. The summed E-state index contributed by atoms with van der Waals surface area (Å²) in [5.41, 5.74) is 23.1. The molecule has 0 aromatic heterocycles. The van der Waals surface area contributed by atoms with Crippen LogP contribution in [0.3, 0.4) is 0 Å². The molecule has 1 heteroatoms. The van der Waals surface area contributed by atoms with Crippen molar-refractivity contribution in [3.63, 3.8) is 0 Å². The average molecular weight is 830 g/mol. The number of benzene rings is 10. The van der Waals surface area contributed by atoms with E-state index in [2.05, 4.69) is 267 Å². The van der Waals surface area contributed by atoms with Gasteiger partial charge in [0.15, 0.2) is 0 Å². The standard InChI is InChI=1S/C64H47N/c1-63(2)59-29-17-15-27-53(59)55-40-39-52(41-61(55)63)65(50-35-31-45(32-36-50)44-19-7-3-8-20-44)51-37-33-47(34-38-51)56-42-58-54-28-16-18-30-60(54)64(48-23-11-5-12-24-48,49-25-13-6-14-26-49)62(58)43-57(56)46-21-9-4-10-22-46/h3-43H,1-2H3. The lowest BCUT2D eigenvalue weighted by Crippen LogP contribution is -2.28. The molecule has 308 valence electrons. The van der Waals surface area contributed by atoms with Crippen LogP contribution < -0.4 is 4.90 Å². The Labute approximate surface area is 382 Å². The van der Waals surface area contributed by atoms with E-state index in [9.17, 15) is 0 Å². The van der Waals surface area contributed by atoms with Crippen molar-refractivity contribution in [3.8, 4) is 55.6 Å². The third-order valence-electron chi connectivity index (χ3n) is 14.2. The molecule has 0 fully saturated rings. The van der Waals surface area contributed by atoms with Gasteiger partial charge in [-0.05, 0) is 138 Å². The Kier molecular flexibility index (Phi) is 9.14. The first-order chi connectivity index (χ1) is 32.0. The van der Waals surface area contributed by atoms with Crippen LogP contribution in [-0.2, 0) is 10.8 Å². The number of fused-ring (bicyclic) bond motifs is 6. The molecule has 0 N–H and O–H groups in total. The molecular weight excluding hydrogens is 783 g/mol. The fourth-order valence-electron chi connectivity index (χ4n) is 11.1. The first-order valence-electron chi connectivity index (χ1n) is 22.8. The van der Waals surface area contributed by atoms with Crippen LogP contribution in [0.2, 0.25) is 0 Å². The zero-order chi connectivity index (χ0) is 43.5. The van der Waals surface area contributed by atoms with Gasteiger partial charge in [0, 0.05) is 22.5 Å². The summed E-state index contributed by atoms with van der Waals surface area (Å²) in [7, 11) is 0. The second-order valence-corrected chi connectivity index (χ2v) is 18.0. The molecule has 0 spiro atoms. The predicted molar refractivity (Wildman–Crippen MR) is 272 cm³/mol. The molecular formula is C64H47N. The van der Waals surface area contributed by atoms with Gasteiger partial charge in [-0.2, -0.15) is 0 Å². The quantitative estimate of drug-likeness (QED) is 0.147. The average Bonchev–Trinajstić information content (AvgIpc) is 3.80. The molecule has 10 aromatic carbocycles. The van der Waals surface area contributed by atoms with Crippen molar-refractivity contribution in [2.75, 3.05) is 4.90 Å². The largest absolute Gasteiger partial charge is 0.310 e. The van der Waals surface area contributed by atoms with Gasteiger partial charge in [0.25, 0.3) is 0 Å². The Morgan fingerprint density at radius 1 is 0.262 bits per heavy atom. The van der Waals surface area contributed by atoms with Gasteiger partial charge in [0.1, 0.15) is 0 Å². The number of rotatable bonds is 8. The zero-order valence-electron chi connectivity index (χ0n) is 36.6. The van der Waals surface area contributed by atoms with Crippen LogP contribution in [0.1, 0.15) is 47.2 Å².